The van der Waals surface area contributed by atoms with Gasteiger partial charge in [-0.15, -0.1) is 0 Å². The fourth-order valence-corrected chi connectivity index (χ4v) is 1.58. The van der Waals surface area contributed by atoms with Crippen LogP contribution in [0.4, 0.5) is 0 Å². The highest BCUT2D eigenvalue weighted by atomic mass is 16.5. The van der Waals surface area contributed by atoms with Gasteiger partial charge in [0.2, 0.25) is 0 Å². The summed E-state index contributed by atoms with van der Waals surface area (Å²) in [6.45, 7) is 4.69. The summed E-state index contributed by atoms with van der Waals surface area (Å²) < 4.78 is 5.35. The molecule has 0 aliphatic heterocycles. The molecule has 2 heteroatoms. The number of rotatable bonds is 8. The summed E-state index contributed by atoms with van der Waals surface area (Å²) in [6.07, 6.45) is 8.55. The summed E-state index contributed by atoms with van der Waals surface area (Å²) in [7, 11) is 1.74. The Morgan fingerprint density at radius 2 is 2.14 bits per heavy atom. The Bertz CT molecular complexity index is 143. The first kappa shape index (κ1) is 13.7. The van der Waals surface area contributed by atoms with Crippen molar-refractivity contribution >= 4 is 0 Å². The van der Waals surface area contributed by atoms with Crippen LogP contribution in [0.5, 0.6) is 0 Å². The second-order valence-corrected chi connectivity index (χ2v) is 3.84. The van der Waals surface area contributed by atoms with Crippen LogP contribution < -0.4 is 0 Å². The summed E-state index contributed by atoms with van der Waals surface area (Å²) in [6, 6.07) is 0. The third-order valence-electron chi connectivity index (χ3n) is 2.37. The second-order valence-electron chi connectivity index (χ2n) is 3.84. The van der Waals surface area contributed by atoms with Crippen LogP contribution >= 0.6 is 0 Å². The van der Waals surface area contributed by atoms with E-state index in [2.05, 4.69) is 19.9 Å². The van der Waals surface area contributed by atoms with Gasteiger partial charge in [-0.05, 0) is 18.8 Å². The molecule has 0 heterocycles. The average molecular weight is 200 g/mol. The van der Waals surface area contributed by atoms with E-state index < -0.39 is 0 Å². The van der Waals surface area contributed by atoms with E-state index in [0.29, 0.717) is 5.92 Å². The molecule has 0 amide bonds. The molecule has 0 bridgehead atoms. The first-order valence-corrected chi connectivity index (χ1v) is 5.54. The zero-order valence-electron chi connectivity index (χ0n) is 9.70. The van der Waals surface area contributed by atoms with Crippen LogP contribution in [-0.2, 0) is 4.74 Å². The predicted molar refractivity (Wildman–Crippen MR) is 60.3 cm³/mol. The molecule has 0 aliphatic carbocycles. The Kier molecular flexibility index (Phi) is 9.00. The van der Waals surface area contributed by atoms with E-state index in [-0.39, 0.29) is 12.7 Å². The van der Waals surface area contributed by atoms with Crippen LogP contribution in [0.15, 0.2) is 12.2 Å². The molecule has 0 aromatic carbocycles. The van der Waals surface area contributed by atoms with Crippen molar-refractivity contribution in [2.24, 2.45) is 5.92 Å². The number of aliphatic hydroxyl groups excluding tert-OH is 1. The molecule has 0 radical (unpaired) electrons. The molecule has 14 heavy (non-hydrogen) atoms. The van der Waals surface area contributed by atoms with E-state index in [1.807, 2.05) is 6.08 Å². The lowest BCUT2D eigenvalue weighted by atomic mass is 9.98. The Hall–Kier alpha value is -0.340. The maximum atomic E-state index is 8.63. The van der Waals surface area contributed by atoms with Crippen molar-refractivity contribution in [2.45, 2.75) is 45.6 Å². The van der Waals surface area contributed by atoms with E-state index in [4.69, 9.17) is 9.84 Å². The Morgan fingerprint density at radius 3 is 2.64 bits per heavy atom. The van der Waals surface area contributed by atoms with Crippen molar-refractivity contribution in [1.29, 1.82) is 0 Å². The number of aliphatic hydroxyl groups is 1. The molecule has 0 saturated carbocycles. The standard InChI is InChI=1S/C12H24O2/c1-4-7-11(2)10-12(14-3)8-5-6-9-13/h5,8,11-13H,4,6-7,9-10H2,1-3H3. The molecular weight excluding hydrogens is 176 g/mol. The molecule has 0 aliphatic rings. The molecule has 84 valence electrons. The van der Waals surface area contributed by atoms with Gasteiger partial charge in [0.15, 0.2) is 0 Å². The van der Waals surface area contributed by atoms with Gasteiger partial charge in [0.05, 0.1) is 6.10 Å². The molecule has 0 rings (SSSR count). The topological polar surface area (TPSA) is 29.5 Å². The van der Waals surface area contributed by atoms with E-state index in [9.17, 15) is 0 Å². The minimum Gasteiger partial charge on any atom is -0.396 e. The highest BCUT2D eigenvalue weighted by Gasteiger charge is 2.08. The van der Waals surface area contributed by atoms with Gasteiger partial charge in [0, 0.05) is 13.7 Å². The van der Waals surface area contributed by atoms with Gasteiger partial charge in [-0.2, -0.15) is 0 Å². The fraction of sp³-hybridized carbons (Fsp3) is 0.833. The normalized spacial score (nSPS) is 16.0. The van der Waals surface area contributed by atoms with E-state index in [1.54, 1.807) is 7.11 Å². The van der Waals surface area contributed by atoms with Crippen LogP contribution in [0.1, 0.15) is 39.5 Å². The maximum absolute atomic E-state index is 8.63. The Morgan fingerprint density at radius 1 is 1.43 bits per heavy atom. The van der Waals surface area contributed by atoms with Crippen LogP contribution in [0.3, 0.4) is 0 Å². The van der Waals surface area contributed by atoms with Crippen molar-refractivity contribution in [3.05, 3.63) is 12.2 Å². The third kappa shape index (κ3) is 7.10. The predicted octanol–water partition coefficient (Wildman–Crippen LogP) is 2.77. The SMILES string of the molecule is CCCC(C)CC(C=CCCO)OC. The number of hydrogen-bond donors (Lipinski definition) is 1. The summed E-state index contributed by atoms with van der Waals surface area (Å²) in [4.78, 5) is 0. The molecule has 0 fully saturated rings. The highest BCUT2D eigenvalue weighted by molar-refractivity contribution is 4.90. The quantitative estimate of drug-likeness (QED) is 0.610. The molecule has 2 nitrogen and oxygen atoms in total. The first-order chi connectivity index (χ1) is 6.74. The molecule has 1 N–H and O–H groups in total. The van der Waals surface area contributed by atoms with Gasteiger partial charge in [-0.25, -0.2) is 0 Å². The molecule has 0 aromatic rings. The Balaban J connectivity index is 3.77. The summed E-state index contributed by atoms with van der Waals surface area (Å²) in [5, 5.41) is 8.63. The first-order valence-electron chi connectivity index (χ1n) is 5.54. The molecule has 2 unspecified atom stereocenters. The largest absolute Gasteiger partial charge is 0.396 e. The highest BCUT2D eigenvalue weighted by Crippen LogP contribution is 2.15. The number of hydrogen-bond acceptors (Lipinski definition) is 2. The molecule has 2 atom stereocenters. The van der Waals surface area contributed by atoms with Gasteiger partial charge in [-0.1, -0.05) is 38.8 Å². The van der Waals surface area contributed by atoms with E-state index in [0.717, 1.165) is 12.8 Å². The molecule has 0 saturated heterocycles. The van der Waals surface area contributed by atoms with Crippen molar-refractivity contribution < 1.29 is 9.84 Å². The van der Waals surface area contributed by atoms with E-state index in [1.165, 1.54) is 12.8 Å². The van der Waals surface area contributed by atoms with Gasteiger partial charge < -0.3 is 9.84 Å². The third-order valence-corrected chi connectivity index (χ3v) is 2.37. The zero-order valence-corrected chi connectivity index (χ0v) is 9.70. The number of ether oxygens (including phenoxy) is 1. The minimum absolute atomic E-state index is 0.211. The van der Waals surface area contributed by atoms with Crippen molar-refractivity contribution in [3.8, 4) is 0 Å². The summed E-state index contributed by atoms with van der Waals surface area (Å²) in [5.74, 6) is 0.712. The van der Waals surface area contributed by atoms with Crippen LogP contribution in [0.2, 0.25) is 0 Å². The monoisotopic (exact) mass is 200 g/mol. The maximum Gasteiger partial charge on any atom is 0.0754 e. The number of methoxy groups -OCH3 is 1. The lowest BCUT2D eigenvalue weighted by molar-refractivity contribution is 0.118. The average Bonchev–Trinajstić information content (AvgIpc) is 2.17. The fourth-order valence-electron chi connectivity index (χ4n) is 1.58. The summed E-state index contributed by atoms with van der Waals surface area (Å²) in [5.41, 5.74) is 0. The lowest BCUT2D eigenvalue weighted by Crippen LogP contribution is -2.11. The van der Waals surface area contributed by atoms with Crippen molar-refractivity contribution in [1.82, 2.24) is 0 Å². The smallest absolute Gasteiger partial charge is 0.0754 e. The van der Waals surface area contributed by atoms with Gasteiger partial charge >= 0.3 is 0 Å². The van der Waals surface area contributed by atoms with Crippen molar-refractivity contribution in [2.75, 3.05) is 13.7 Å². The van der Waals surface area contributed by atoms with Crippen LogP contribution in [-0.4, -0.2) is 24.9 Å². The van der Waals surface area contributed by atoms with Gasteiger partial charge in [0.1, 0.15) is 0 Å². The lowest BCUT2D eigenvalue weighted by Gasteiger charge is -2.16. The van der Waals surface area contributed by atoms with Gasteiger partial charge in [-0.3, -0.25) is 0 Å². The minimum atomic E-state index is 0.211. The molecule has 0 spiro atoms. The second kappa shape index (κ2) is 9.22. The van der Waals surface area contributed by atoms with Crippen molar-refractivity contribution in [3.63, 3.8) is 0 Å². The van der Waals surface area contributed by atoms with Crippen LogP contribution in [0, 0.1) is 5.92 Å². The summed E-state index contributed by atoms with van der Waals surface area (Å²) >= 11 is 0. The Labute approximate surface area is 88.0 Å². The van der Waals surface area contributed by atoms with E-state index >= 15 is 0 Å². The molecular formula is C12H24O2. The molecule has 0 aromatic heterocycles. The van der Waals surface area contributed by atoms with Crippen LogP contribution in [0.25, 0.3) is 0 Å². The van der Waals surface area contributed by atoms with Gasteiger partial charge in [0.25, 0.3) is 0 Å². The zero-order chi connectivity index (χ0) is 10.8.